The molecule has 0 aliphatic rings. The quantitative estimate of drug-likeness (QED) is 0.749. The van der Waals surface area contributed by atoms with E-state index >= 15 is 0 Å². The highest BCUT2D eigenvalue weighted by molar-refractivity contribution is 7.13. The maximum atomic E-state index is 12.7. The molecular weight excluding hydrogens is 304 g/mol. The van der Waals surface area contributed by atoms with Crippen LogP contribution < -0.4 is 5.32 Å². The molecule has 4 heteroatoms. The number of benzene rings is 1. The van der Waals surface area contributed by atoms with Crippen LogP contribution >= 0.6 is 11.3 Å². The molecule has 1 amide bonds. The van der Waals surface area contributed by atoms with Crippen LogP contribution in [0.15, 0.2) is 41.8 Å². The maximum Gasteiger partial charge on any atom is 0.252 e. The lowest BCUT2D eigenvalue weighted by molar-refractivity contribution is 0.0941. The monoisotopic (exact) mass is 324 g/mol. The van der Waals surface area contributed by atoms with Crippen LogP contribution in [0.5, 0.6) is 0 Å². The maximum absolute atomic E-state index is 12.7. The number of amides is 1. The fourth-order valence-electron chi connectivity index (χ4n) is 2.48. The van der Waals surface area contributed by atoms with Crippen molar-refractivity contribution in [2.75, 3.05) is 0 Å². The van der Waals surface area contributed by atoms with E-state index in [1.165, 1.54) is 0 Å². The van der Waals surface area contributed by atoms with Gasteiger partial charge in [-0.1, -0.05) is 24.6 Å². The number of hydrogen-bond donors (Lipinski definition) is 1. The molecule has 0 bridgehead atoms. The van der Waals surface area contributed by atoms with Crippen molar-refractivity contribution in [3.63, 3.8) is 0 Å². The van der Waals surface area contributed by atoms with Crippen LogP contribution in [0.25, 0.3) is 21.5 Å². The zero-order valence-corrected chi connectivity index (χ0v) is 14.4. The lowest BCUT2D eigenvalue weighted by atomic mass is 10.0. The second-order valence-electron chi connectivity index (χ2n) is 5.84. The summed E-state index contributed by atoms with van der Waals surface area (Å²) in [5.41, 5.74) is 3.53. The first kappa shape index (κ1) is 15.7. The second kappa shape index (κ2) is 6.50. The molecule has 0 saturated heterocycles. The molecule has 0 aliphatic carbocycles. The van der Waals surface area contributed by atoms with E-state index in [4.69, 9.17) is 4.98 Å². The van der Waals surface area contributed by atoms with Crippen molar-refractivity contribution in [3.8, 4) is 10.6 Å². The number of pyridine rings is 1. The first-order valence-electron chi connectivity index (χ1n) is 7.84. The minimum Gasteiger partial charge on any atom is -0.350 e. The number of carbonyl (C=O) groups excluding carboxylic acids is 1. The average molecular weight is 324 g/mol. The van der Waals surface area contributed by atoms with Gasteiger partial charge in [0.05, 0.1) is 21.7 Å². The Bertz CT molecular complexity index is 840. The van der Waals surface area contributed by atoms with Crippen molar-refractivity contribution < 1.29 is 4.79 Å². The number of carbonyl (C=O) groups is 1. The summed E-state index contributed by atoms with van der Waals surface area (Å²) < 4.78 is 0. The Balaban J connectivity index is 2.16. The minimum absolute atomic E-state index is 0.0323. The Hall–Kier alpha value is -2.20. The Kier molecular flexibility index (Phi) is 4.44. The molecule has 1 N–H and O–H groups in total. The first-order chi connectivity index (χ1) is 11.1. The Morgan fingerprint density at radius 3 is 2.83 bits per heavy atom. The van der Waals surface area contributed by atoms with Crippen LogP contribution in [-0.4, -0.2) is 16.9 Å². The van der Waals surface area contributed by atoms with E-state index in [2.05, 4.69) is 12.2 Å². The zero-order valence-electron chi connectivity index (χ0n) is 13.6. The molecule has 23 heavy (non-hydrogen) atoms. The number of thiophene rings is 1. The van der Waals surface area contributed by atoms with Gasteiger partial charge in [0, 0.05) is 11.4 Å². The molecule has 3 aromatic rings. The molecule has 0 spiro atoms. The highest BCUT2D eigenvalue weighted by Crippen LogP contribution is 2.28. The SMILES string of the molecule is CCC(C)NC(=O)c1cc(-c2cccs2)nc2ccc(C)cc12. The van der Waals surface area contributed by atoms with Crippen molar-refractivity contribution in [1.29, 1.82) is 0 Å². The van der Waals surface area contributed by atoms with E-state index in [0.717, 1.165) is 33.5 Å². The van der Waals surface area contributed by atoms with E-state index in [1.807, 2.05) is 55.6 Å². The smallest absolute Gasteiger partial charge is 0.252 e. The molecule has 1 unspecified atom stereocenters. The fraction of sp³-hybridized carbons (Fsp3) is 0.263. The Morgan fingerprint density at radius 2 is 2.13 bits per heavy atom. The summed E-state index contributed by atoms with van der Waals surface area (Å²) in [5.74, 6) is -0.0323. The summed E-state index contributed by atoms with van der Waals surface area (Å²) in [6.07, 6.45) is 0.908. The third kappa shape index (κ3) is 3.27. The number of aromatic nitrogens is 1. The van der Waals surface area contributed by atoms with Crippen LogP contribution in [-0.2, 0) is 0 Å². The van der Waals surface area contributed by atoms with Gasteiger partial charge < -0.3 is 5.32 Å². The molecule has 2 aromatic heterocycles. The van der Waals surface area contributed by atoms with Gasteiger partial charge in [-0.15, -0.1) is 11.3 Å². The molecule has 2 heterocycles. The van der Waals surface area contributed by atoms with Gasteiger partial charge >= 0.3 is 0 Å². The van der Waals surface area contributed by atoms with E-state index in [9.17, 15) is 4.79 Å². The molecule has 0 saturated carbocycles. The van der Waals surface area contributed by atoms with Crippen molar-refractivity contribution in [1.82, 2.24) is 10.3 Å². The molecule has 0 fully saturated rings. The number of fused-ring (bicyclic) bond motifs is 1. The highest BCUT2D eigenvalue weighted by Gasteiger charge is 2.15. The molecular formula is C19H20N2OS. The van der Waals surface area contributed by atoms with Gasteiger partial charge in [0.25, 0.3) is 5.91 Å². The first-order valence-corrected chi connectivity index (χ1v) is 8.72. The van der Waals surface area contributed by atoms with Gasteiger partial charge in [-0.25, -0.2) is 4.98 Å². The van der Waals surface area contributed by atoms with Crippen LogP contribution in [0.4, 0.5) is 0 Å². The van der Waals surface area contributed by atoms with Crippen LogP contribution in [0, 0.1) is 6.92 Å². The van der Waals surface area contributed by atoms with Crippen molar-refractivity contribution in [3.05, 3.63) is 52.9 Å². The fourth-order valence-corrected chi connectivity index (χ4v) is 3.17. The number of rotatable bonds is 4. The van der Waals surface area contributed by atoms with Crippen molar-refractivity contribution in [2.45, 2.75) is 33.2 Å². The summed E-state index contributed by atoms with van der Waals surface area (Å²) in [7, 11) is 0. The molecule has 0 aliphatic heterocycles. The number of hydrogen-bond acceptors (Lipinski definition) is 3. The largest absolute Gasteiger partial charge is 0.350 e. The lowest BCUT2D eigenvalue weighted by Crippen LogP contribution is -2.32. The summed E-state index contributed by atoms with van der Waals surface area (Å²) in [6.45, 7) is 6.12. The number of nitrogens with zero attached hydrogens (tertiary/aromatic N) is 1. The molecule has 118 valence electrons. The van der Waals surface area contributed by atoms with E-state index in [0.29, 0.717) is 5.56 Å². The Labute approximate surface area is 140 Å². The standard InChI is InChI=1S/C19H20N2OS/c1-4-13(3)20-19(22)15-11-17(18-6-5-9-23-18)21-16-8-7-12(2)10-14(15)16/h5-11,13H,4H2,1-3H3,(H,20,22). The molecule has 1 atom stereocenters. The summed E-state index contributed by atoms with van der Waals surface area (Å²) in [6, 6.07) is 12.1. The number of aryl methyl sites for hydroxylation is 1. The van der Waals surface area contributed by atoms with Crippen LogP contribution in [0.2, 0.25) is 0 Å². The highest BCUT2D eigenvalue weighted by atomic mass is 32.1. The van der Waals surface area contributed by atoms with Gasteiger partial charge in [-0.2, -0.15) is 0 Å². The predicted octanol–water partition coefficient (Wildman–Crippen LogP) is 4.80. The van der Waals surface area contributed by atoms with E-state index in [-0.39, 0.29) is 11.9 Å². The van der Waals surface area contributed by atoms with Gasteiger partial charge in [-0.05, 0) is 49.9 Å². The molecule has 3 rings (SSSR count). The van der Waals surface area contributed by atoms with E-state index in [1.54, 1.807) is 11.3 Å². The topological polar surface area (TPSA) is 42.0 Å². The molecule has 0 radical (unpaired) electrons. The lowest BCUT2D eigenvalue weighted by Gasteiger charge is -2.14. The van der Waals surface area contributed by atoms with Gasteiger partial charge in [0.1, 0.15) is 0 Å². The predicted molar refractivity (Wildman–Crippen MR) is 97.0 cm³/mol. The van der Waals surface area contributed by atoms with Crippen molar-refractivity contribution in [2.24, 2.45) is 0 Å². The van der Waals surface area contributed by atoms with Gasteiger partial charge in [-0.3, -0.25) is 4.79 Å². The third-order valence-electron chi connectivity index (χ3n) is 3.97. The van der Waals surface area contributed by atoms with Crippen LogP contribution in [0.1, 0.15) is 36.2 Å². The summed E-state index contributed by atoms with van der Waals surface area (Å²) in [5, 5.41) is 6.00. The van der Waals surface area contributed by atoms with Gasteiger partial charge in [0.2, 0.25) is 0 Å². The Morgan fingerprint density at radius 1 is 1.30 bits per heavy atom. The average Bonchev–Trinajstić information content (AvgIpc) is 3.08. The number of nitrogens with one attached hydrogen (secondary N) is 1. The van der Waals surface area contributed by atoms with E-state index < -0.39 is 0 Å². The van der Waals surface area contributed by atoms with Crippen LogP contribution in [0.3, 0.4) is 0 Å². The van der Waals surface area contributed by atoms with Gasteiger partial charge in [0.15, 0.2) is 0 Å². The summed E-state index contributed by atoms with van der Waals surface area (Å²) in [4.78, 5) is 18.5. The van der Waals surface area contributed by atoms with Crippen molar-refractivity contribution >= 4 is 28.1 Å². The third-order valence-corrected chi connectivity index (χ3v) is 4.86. The summed E-state index contributed by atoms with van der Waals surface area (Å²) >= 11 is 1.63. The molecule has 3 nitrogen and oxygen atoms in total. The zero-order chi connectivity index (χ0) is 16.4. The normalized spacial score (nSPS) is 12.3. The second-order valence-corrected chi connectivity index (χ2v) is 6.78. The molecule has 1 aromatic carbocycles. The minimum atomic E-state index is -0.0323.